The fourth-order valence-corrected chi connectivity index (χ4v) is 3.03. The summed E-state index contributed by atoms with van der Waals surface area (Å²) in [5, 5.41) is 11.6. The van der Waals surface area contributed by atoms with Crippen molar-refractivity contribution in [2.45, 2.75) is 12.5 Å². The summed E-state index contributed by atoms with van der Waals surface area (Å²) in [6, 6.07) is 8.19. The molecule has 1 aromatic carbocycles. The van der Waals surface area contributed by atoms with Crippen LogP contribution in [0.4, 0.5) is 0 Å². The van der Waals surface area contributed by atoms with Gasteiger partial charge in [0.2, 0.25) is 10.0 Å². The minimum Gasteiger partial charge on any atom is -0.348 e. The maximum atomic E-state index is 12.0. The van der Waals surface area contributed by atoms with Crippen LogP contribution in [0.5, 0.6) is 0 Å². The molecule has 0 aromatic heterocycles. The Hall–Kier alpha value is -1.91. The summed E-state index contributed by atoms with van der Waals surface area (Å²) in [6.45, 7) is 0.713. The van der Waals surface area contributed by atoms with Crippen molar-refractivity contribution in [2.24, 2.45) is 0 Å². The largest absolute Gasteiger partial charge is 0.348 e. The molecule has 1 aromatic rings. The normalized spacial score (nSPS) is 19.5. The van der Waals surface area contributed by atoms with Crippen molar-refractivity contribution in [3.8, 4) is 6.07 Å². The molecule has 20 heavy (non-hydrogen) atoms. The predicted molar refractivity (Wildman–Crippen MR) is 73.4 cm³/mol. The van der Waals surface area contributed by atoms with Crippen LogP contribution in [0.15, 0.2) is 24.3 Å². The first-order valence-corrected chi connectivity index (χ1v) is 8.01. The zero-order valence-electron chi connectivity index (χ0n) is 11.0. The van der Waals surface area contributed by atoms with E-state index < -0.39 is 10.0 Å². The second kappa shape index (κ2) is 5.61. The summed E-state index contributed by atoms with van der Waals surface area (Å²) in [6.07, 6.45) is 1.75. The quantitative estimate of drug-likeness (QED) is 0.869. The smallest absolute Gasteiger partial charge is 0.251 e. The summed E-state index contributed by atoms with van der Waals surface area (Å²) in [7, 11) is -3.21. The number of rotatable bonds is 3. The predicted octanol–water partition coefficient (Wildman–Crippen LogP) is 0.322. The number of hydrogen-bond donors (Lipinski definition) is 1. The molecule has 1 amide bonds. The average Bonchev–Trinajstić information content (AvgIpc) is 2.87. The van der Waals surface area contributed by atoms with E-state index in [9.17, 15) is 13.2 Å². The molecule has 1 N–H and O–H groups in total. The number of benzene rings is 1. The van der Waals surface area contributed by atoms with Gasteiger partial charge in [-0.05, 0) is 24.6 Å². The van der Waals surface area contributed by atoms with E-state index >= 15 is 0 Å². The summed E-state index contributed by atoms with van der Waals surface area (Å²) in [4.78, 5) is 12.0. The molecule has 1 atom stereocenters. The van der Waals surface area contributed by atoms with Gasteiger partial charge in [-0.15, -0.1) is 0 Å². The summed E-state index contributed by atoms with van der Waals surface area (Å²) >= 11 is 0. The Morgan fingerprint density at radius 3 is 2.85 bits per heavy atom. The van der Waals surface area contributed by atoms with Gasteiger partial charge in [-0.2, -0.15) is 5.26 Å². The Morgan fingerprint density at radius 1 is 1.50 bits per heavy atom. The molecule has 1 aliphatic rings. The topological polar surface area (TPSA) is 90.3 Å². The van der Waals surface area contributed by atoms with Gasteiger partial charge in [0.25, 0.3) is 5.91 Å². The number of nitrogens with one attached hydrogen (secondary N) is 1. The monoisotopic (exact) mass is 293 g/mol. The Morgan fingerprint density at radius 2 is 2.25 bits per heavy atom. The van der Waals surface area contributed by atoms with Gasteiger partial charge in [0.15, 0.2) is 0 Å². The Bertz CT molecular complexity index is 664. The van der Waals surface area contributed by atoms with Crippen LogP contribution >= 0.6 is 0 Å². The average molecular weight is 293 g/mol. The van der Waals surface area contributed by atoms with E-state index in [0.29, 0.717) is 30.6 Å². The molecule has 106 valence electrons. The van der Waals surface area contributed by atoms with Crippen molar-refractivity contribution in [2.75, 3.05) is 19.3 Å². The SMILES string of the molecule is CS(=O)(=O)N1CCC(NC(=O)c2cccc(C#N)c2)C1. The molecule has 1 heterocycles. The van der Waals surface area contributed by atoms with Crippen LogP contribution < -0.4 is 5.32 Å². The second-order valence-electron chi connectivity index (χ2n) is 4.77. The minimum absolute atomic E-state index is 0.192. The van der Waals surface area contributed by atoms with E-state index in [0.717, 1.165) is 6.26 Å². The van der Waals surface area contributed by atoms with Crippen LogP contribution in [0.25, 0.3) is 0 Å². The molecule has 0 saturated carbocycles. The van der Waals surface area contributed by atoms with E-state index in [2.05, 4.69) is 5.32 Å². The third-order valence-electron chi connectivity index (χ3n) is 3.21. The van der Waals surface area contributed by atoms with Crippen molar-refractivity contribution in [1.82, 2.24) is 9.62 Å². The molecule has 7 heteroatoms. The van der Waals surface area contributed by atoms with Crippen molar-refractivity contribution < 1.29 is 13.2 Å². The van der Waals surface area contributed by atoms with E-state index in [1.54, 1.807) is 18.2 Å². The number of hydrogen-bond acceptors (Lipinski definition) is 4. The van der Waals surface area contributed by atoms with Gasteiger partial charge in [-0.3, -0.25) is 4.79 Å². The molecule has 1 unspecified atom stereocenters. The van der Waals surface area contributed by atoms with Gasteiger partial charge in [0.1, 0.15) is 0 Å². The highest BCUT2D eigenvalue weighted by Gasteiger charge is 2.29. The molecule has 6 nitrogen and oxygen atoms in total. The lowest BCUT2D eigenvalue weighted by Gasteiger charge is -2.14. The highest BCUT2D eigenvalue weighted by atomic mass is 32.2. The maximum Gasteiger partial charge on any atom is 0.251 e. The van der Waals surface area contributed by atoms with Gasteiger partial charge < -0.3 is 5.32 Å². The number of nitriles is 1. The Balaban J connectivity index is 2.01. The first-order chi connectivity index (χ1) is 9.40. The summed E-state index contributed by atoms with van der Waals surface area (Å²) in [5.74, 6) is -0.289. The van der Waals surface area contributed by atoms with Crippen LogP contribution in [0, 0.1) is 11.3 Å². The highest BCUT2D eigenvalue weighted by Crippen LogP contribution is 2.13. The molecule has 1 saturated heterocycles. The standard InChI is InChI=1S/C13H15N3O3S/c1-20(18,19)16-6-5-12(9-16)15-13(17)11-4-2-3-10(7-11)8-14/h2-4,7,12H,5-6,9H2,1H3,(H,15,17). The van der Waals surface area contributed by atoms with Crippen molar-refractivity contribution in [1.29, 1.82) is 5.26 Å². The molecule has 0 spiro atoms. The molecular formula is C13H15N3O3S. The Labute approximate surface area is 118 Å². The molecular weight excluding hydrogens is 278 g/mol. The van der Waals surface area contributed by atoms with Crippen LogP contribution in [0.2, 0.25) is 0 Å². The van der Waals surface area contributed by atoms with Crippen molar-refractivity contribution >= 4 is 15.9 Å². The lowest BCUT2D eigenvalue weighted by atomic mass is 10.1. The van der Waals surface area contributed by atoms with Crippen molar-refractivity contribution in [3.63, 3.8) is 0 Å². The van der Waals surface area contributed by atoms with Crippen molar-refractivity contribution in [3.05, 3.63) is 35.4 Å². The summed E-state index contributed by atoms with van der Waals surface area (Å²) in [5.41, 5.74) is 0.823. The molecule has 0 radical (unpaired) electrons. The zero-order chi connectivity index (χ0) is 14.8. The fourth-order valence-electron chi connectivity index (χ4n) is 2.15. The Kier molecular flexibility index (Phi) is 4.06. The number of carbonyl (C=O) groups excluding carboxylic acids is 1. The van der Waals surface area contributed by atoms with E-state index in [1.807, 2.05) is 6.07 Å². The van der Waals surface area contributed by atoms with E-state index in [4.69, 9.17) is 5.26 Å². The second-order valence-corrected chi connectivity index (χ2v) is 6.76. The number of carbonyl (C=O) groups is 1. The molecule has 2 rings (SSSR count). The first kappa shape index (κ1) is 14.5. The molecule has 0 bridgehead atoms. The van der Waals surface area contributed by atoms with Gasteiger partial charge in [-0.1, -0.05) is 6.07 Å². The molecule has 1 aliphatic heterocycles. The maximum absolute atomic E-state index is 12.0. The lowest BCUT2D eigenvalue weighted by molar-refractivity contribution is 0.0939. The number of nitrogens with zero attached hydrogens (tertiary/aromatic N) is 2. The van der Waals surface area contributed by atoms with E-state index in [-0.39, 0.29) is 11.9 Å². The third-order valence-corrected chi connectivity index (χ3v) is 4.48. The van der Waals surface area contributed by atoms with Crippen LogP contribution in [-0.2, 0) is 10.0 Å². The van der Waals surface area contributed by atoms with Gasteiger partial charge >= 0.3 is 0 Å². The van der Waals surface area contributed by atoms with Crippen LogP contribution in [-0.4, -0.2) is 44.0 Å². The summed E-state index contributed by atoms with van der Waals surface area (Å²) < 4.78 is 24.1. The van der Waals surface area contributed by atoms with Crippen LogP contribution in [0.1, 0.15) is 22.3 Å². The molecule has 1 fully saturated rings. The van der Waals surface area contributed by atoms with Gasteiger partial charge in [0, 0.05) is 24.7 Å². The van der Waals surface area contributed by atoms with Crippen LogP contribution in [0.3, 0.4) is 0 Å². The fraction of sp³-hybridized carbons (Fsp3) is 0.385. The number of sulfonamides is 1. The van der Waals surface area contributed by atoms with E-state index in [1.165, 1.54) is 10.4 Å². The van der Waals surface area contributed by atoms with Gasteiger partial charge in [-0.25, -0.2) is 12.7 Å². The zero-order valence-corrected chi connectivity index (χ0v) is 11.9. The number of amides is 1. The van der Waals surface area contributed by atoms with Gasteiger partial charge in [0.05, 0.1) is 17.9 Å². The first-order valence-electron chi connectivity index (χ1n) is 6.16. The minimum atomic E-state index is -3.21. The lowest BCUT2D eigenvalue weighted by Crippen LogP contribution is -2.38. The molecule has 0 aliphatic carbocycles. The third kappa shape index (κ3) is 3.35. The highest BCUT2D eigenvalue weighted by molar-refractivity contribution is 7.88.